The van der Waals surface area contributed by atoms with Gasteiger partial charge in [0.1, 0.15) is 0 Å². The maximum atomic E-state index is 5.98. The minimum Gasteiger partial charge on any atom is -0.371 e. The van der Waals surface area contributed by atoms with Crippen LogP contribution in [0.3, 0.4) is 0 Å². The summed E-state index contributed by atoms with van der Waals surface area (Å²) in [5, 5.41) is 0. The molecule has 0 amide bonds. The van der Waals surface area contributed by atoms with Gasteiger partial charge in [0.15, 0.2) is 0 Å². The molecule has 1 heterocycles. The van der Waals surface area contributed by atoms with Crippen LogP contribution in [0.1, 0.15) is 38.5 Å². The van der Waals surface area contributed by atoms with Crippen LogP contribution >= 0.6 is 0 Å². The van der Waals surface area contributed by atoms with Gasteiger partial charge in [0.05, 0.1) is 12.7 Å². The average molecular weight is 169 g/mol. The van der Waals surface area contributed by atoms with E-state index in [0.717, 1.165) is 12.5 Å². The molecule has 2 rings (SSSR count). The zero-order chi connectivity index (χ0) is 8.39. The fourth-order valence-corrected chi connectivity index (χ4v) is 2.26. The number of rotatable bonds is 3. The number of ether oxygens (including phenoxy) is 1. The van der Waals surface area contributed by atoms with Crippen molar-refractivity contribution in [1.82, 2.24) is 0 Å². The highest BCUT2D eigenvalue weighted by Crippen LogP contribution is 2.29. The Morgan fingerprint density at radius 3 is 2.50 bits per heavy atom. The first-order chi connectivity index (χ1) is 5.86. The topological polar surface area (TPSA) is 38.5 Å². The Morgan fingerprint density at radius 1 is 1.25 bits per heavy atom. The summed E-state index contributed by atoms with van der Waals surface area (Å²) in [4.78, 5) is 0. The van der Waals surface area contributed by atoms with Crippen LogP contribution in [-0.2, 0) is 4.74 Å². The molecule has 1 aliphatic carbocycles. The number of hydrogen-bond acceptors (Lipinski definition) is 2. The lowest BCUT2D eigenvalue weighted by Crippen LogP contribution is -2.30. The monoisotopic (exact) mass is 169 g/mol. The highest BCUT2D eigenvalue weighted by molar-refractivity contribution is 4.84. The zero-order valence-corrected chi connectivity index (χ0v) is 7.67. The van der Waals surface area contributed by atoms with Gasteiger partial charge in [-0.1, -0.05) is 32.1 Å². The lowest BCUT2D eigenvalue weighted by molar-refractivity contribution is 0.285. The molecular weight excluding hydrogens is 150 g/mol. The molecular formula is C10H19NO. The first-order valence-corrected chi connectivity index (χ1v) is 5.23. The molecule has 1 saturated carbocycles. The number of nitrogens with two attached hydrogens (primary N) is 1. The van der Waals surface area contributed by atoms with E-state index in [1.165, 1.54) is 38.5 Å². The van der Waals surface area contributed by atoms with Gasteiger partial charge in [-0.2, -0.15) is 0 Å². The second-order valence-corrected chi connectivity index (χ2v) is 4.28. The number of epoxide rings is 1. The largest absolute Gasteiger partial charge is 0.371 e. The van der Waals surface area contributed by atoms with Crippen molar-refractivity contribution in [3.63, 3.8) is 0 Å². The summed E-state index contributed by atoms with van der Waals surface area (Å²) in [6.45, 7) is 0.911. The molecule has 1 aliphatic heterocycles. The molecule has 2 fully saturated rings. The minimum absolute atomic E-state index is 0.327. The third-order valence-electron chi connectivity index (χ3n) is 3.17. The summed E-state index contributed by atoms with van der Waals surface area (Å²) in [5.74, 6) is 0.901. The average Bonchev–Trinajstić information content (AvgIpc) is 2.88. The molecule has 0 bridgehead atoms. The van der Waals surface area contributed by atoms with Gasteiger partial charge in [0.2, 0.25) is 0 Å². The third kappa shape index (κ3) is 2.20. The Hall–Kier alpha value is -0.0800. The molecule has 0 spiro atoms. The summed E-state index contributed by atoms with van der Waals surface area (Å²) >= 11 is 0. The predicted molar refractivity (Wildman–Crippen MR) is 48.9 cm³/mol. The quantitative estimate of drug-likeness (QED) is 0.653. The van der Waals surface area contributed by atoms with Crippen molar-refractivity contribution in [3.8, 4) is 0 Å². The first-order valence-electron chi connectivity index (χ1n) is 5.23. The molecule has 2 N–H and O–H groups in total. The molecule has 2 nitrogen and oxygen atoms in total. The van der Waals surface area contributed by atoms with E-state index in [9.17, 15) is 0 Å². The molecule has 2 heteroatoms. The van der Waals surface area contributed by atoms with Gasteiger partial charge in [-0.25, -0.2) is 0 Å². The van der Waals surface area contributed by atoms with Crippen molar-refractivity contribution in [2.24, 2.45) is 11.7 Å². The summed E-state index contributed by atoms with van der Waals surface area (Å²) in [7, 11) is 0. The van der Waals surface area contributed by atoms with Crippen molar-refractivity contribution in [3.05, 3.63) is 0 Å². The third-order valence-corrected chi connectivity index (χ3v) is 3.17. The standard InChI is InChI=1S/C10H19NO/c11-9(10-7-12-10)6-8-4-2-1-3-5-8/h8-10H,1-7,11H2/t9-,10?/m1/s1. The summed E-state index contributed by atoms with van der Waals surface area (Å²) < 4.78 is 5.19. The van der Waals surface area contributed by atoms with Crippen molar-refractivity contribution in [1.29, 1.82) is 0 Å². The number of hydrogen-bond donors (Lipinski definition) is 1. The van der Waals surface area contributed by atoms with Crippen LogP contribution in [0.15, 0.2) is 0 Å². The Labute approximate surface area is 74.5 Å². The van der Waals surface area contributed by atoms with Crippen LogP contribution in [0.2, 0.25) is 0 Å². The Kier molecular flexibility index (Phi) is 2.66. The molecule has 0 radical (unpaired) electrons. The molecule has 1 saturated heterocycles. The normalized spacial score (nSPS) is 33.2. The maximum absolute atomic E-state index is 5.98. The lowest BCUT2D eigenvalue weighted by Gasteiger charge is -2.23. The van der Waals surface area contributed by atoms with Crippen LogP contribution in [0, 0.1) is 5.92 Å². The van der Waals surface area contributed by atoms with E-state index in [2.05, 4.69) is 0 Å². The van der Waals surface area contributed by atoms with Gasteiger partial charge in [-0.15, -0.1) is 0 Å². The molecule has 0 aromatic heterocycles. The second-order valence-electron chi connectivity index (χ2n) is 4.28. The fraction of sp³-hybridized carbons (Fsp3) is 1.00. The Bertz CT molecular complexity index is 139. The fourth-order valence-electron chi connectivity index (χ4n) is 2.26. The molecule has 0 aromatic carbocycles. The van der Waals surface area contributed by atoms with Crippen LogP contribution < -0.4 is 5.73 Å². The molecule has 2 aliphatic rings. The van der Waals surface area contributed by atoms with Crippen LogP contribution in [0.25, 0.3) is 0 Å². The van der Waals surface area contributed by atoms with Gasteiger partial charge in [0.25, 0.3) is 0 Å². The van der Waals surface area contributed by atoms with Gasteiger partial charge in [-0.3, -0.25) is 0 Å². The Balaban J connectivity index is 1.69. The van der Waals surface area contributed by atoms with Gasteiger partial charge >= 0.3 is 0 Å². The van der Waals surface area contributed by atoms with Gasteiger partial charge in [0, 0.05) is 6.04 Å². The van der Waals surface area contributed by atoms with E-state index in [-0.39, 0.29) is 0 Å². The summed E-state index contributed by atoms with van der Waals surface area (Å²) in [6, 6.07) is 0.327. The summed E-state index contributed by atoms with van der Waals surface area (Å²) in [5.41, 5.74) is 5.98. The molecule has 70 valence electrons. The predicted octanol–water partition coefficient (Wildman–Crippen LogP) is 1.68. The van der Waals surface area contributed by atoms with Gasteiger partial charge < -0.3 is 10.5 Å². The molecule has 1 unspecified atom stereocenters. The molecule has 12 heavy (non-hydrogen) atoms. The Morgan fingerprint density at radius 2 is 1.92 bits per heavy atom. The lowest BCUT2D eigenvalue weighted by atomic mass is 9.84. The van der Waals surface area contributed by atoms with Crippen LogP contribution in [-0.4, -0.2) is 18.8 Å². The van der Waals surface area contributed by atoms with Crippen molar-refractivity contribution < 1.29 is 4.74 Å². The van der Waals surface area contributed by atoms with Crippen LogP contribution in [0.5, 0.6) is 0 Å². The second kappa shape index (κ2) is 3.75. The van der Waals surface area contributed by atoms with E-state index in [0.29, 0.717) is 12.1 Å². The van der Waals surface area contributed by atoms with E-state index in [1.807, 2.05) is 0 Å². The minimum atomic E-state index is 0.327. The van der Waals surface area contributed by atoms with Crippen molar-refractivity contribution >= 4 is 0 Å². The highest BCUT2D eigenvalue weighted by atomic mass is 16.6. The summed E-state index contributed by atoms with van der Waals surface area (Å²) in [6.07, 6.45) is 8.69. The van der Waals surface area contributed by atoms with Crippen molar-refractivity contribution in [2.75, 3.05) is 6.61 Å². The first kappa shape index (κ1) is 8.52. The molecule has 2 atom stereocenters. The smallest absolute Gasteiger partial charge is 0.0960 e. The maximum Gasteiger partial charge on any atom is 0.0960 e. The van der Waals surface area contributed by atoms with E-state index in [4.69, 9.17) is 10.5 Å². The van der Waals surface area contributed by atoms with E-state index < -0.39 is 0 Å². The highest BCUT2D eigenvalue weighted by Gasteiger charge is 2.31. The van der Waals surface area contributed by atoms with Crippen LogP contribution in [0.4, 0.5) is 0 Å². The van der Waals surface area contributed by atoms with Crippen molar-refractivity contribution in [2.45, 2.75) is 50.7 Å². The zero-order valence-electron chi connectivity index (χ0n) is 7.67. The van der Waals surface area contributed by atoms with Gasteiger partial charge in [-0.05, 0) is 12.3 Å². The molecule has 0 aromatic rings. The van der Waals surface area contributed by atoms with E-state index in [1.54, 1.807) is 0 Å². The van der Waals surface area contributed by atoms with E-state index >= 15 is 0 Å². The SMILES string of the molecule is N[C@H](CC1CCCCC1)C1CO1.